The second-order valence-corrected chi connectivity index (χ2v) is 9.37. The molecule has 2 atom stereocenters. The third-order valence-electron chi connectivity index (χ3n) is 5.76. The van der Waals surface area contributed by atoms with Gasteiger partial charge in [-0.15, -0.1) is 0 Å². The number of pyridine rings is 1. The van der Waals surface area contributed by atoms with Crippen molar-refractivity contribution < 1.29 is 13.2 Å². The van der Waals surface area contributed by atoms with Crippen LogP contribution in [-0.4, -0.2) is 36.7 Å². The standard InChI is InChI=1S/C20H23N3O3S/c1-2-15-5-7-17(8-6-15)27(25,26)23-11-9-20(14-23)12-18(20)19(24)22-16-4-3-10-21-13-16/h3-8,10,13,18H,2,9,11-12,14H2,1H3,(H,22,24)/t18-,20+/m1/s1. The van der Waals surface area contributed by atoms with E-state index in [9.17, 15) is 13.2 Å². The van der Waals surface area contributed by atoms with E-state index >= 15 is 0 Å². The van der Waals surface area contributed by atoms with Crippen molar-refractivity contribution in [1.82, 2.24) is 9.29 Å². The highest BCUT2D eigenvalue weighted by molar-refractivity contribution is 7.89. The molecule has 2 aliphatic rings. The van der Waals surface area contributed by atoms with Crippen LogP contribution < -0.4 is 5.32 Å². The van der Waals surface area contributed by atoms with Gasteiger partial charge in [0.25, 0.3) is 0 Å². The molecule has 0 radical (unpaired) electrons. The Hall–Kier alpha value is -2.25. The molecule has 142 valence electrons. The van der Waals surface area contributed by atoms with Gasteiger partial charge in [-0.05, 0) is 54.5 Å². The van der Waals surface area contributed by atoms with Crippen molar-refractivity contribution in [2.24, 2.45) is 11.3 Å². The monoisotopic (exact) mass is 385 g/mol. The molecule has 0 unspecified atom stereocenters. The lowest BCUT2D eigenvalue weighted by Gasteiger charge is -2.17. The molecule has 2 aromatic rings. The molecule has 1 saturated carbocycles. The molecule has 1 aromatic carbocycles. The fraction of sp³-hybridized carbons (Fsp3) is 0.400. The molecule has 2 fully saturated rings. The summed E-state index contributed by atoms with van der Waals surface area (Å²) in [6.07, 6.45) is 5.60. The fourth-order valence-electron chi connectivity index (χ4n) is 3.94. The highest BCUT2D eigenvalue weighted by atomic mass is 32.2. The minimum absolute atomic E-state index is 0.0467. The second kappa shape index (κ2) is 6.73. The molecule has 1 aromatic heterocycles. The molecule has 1 N–H and O–H groups in total. The maximum Gasteiger partial charge on any atom is 0.243 e. The Morgan fingerprint density at radius 3 is 2.74 bits per heavy atom. The number of benzene rings is 1. The van der Waals surface area contributed by atoms with Gasteiger partial charge < -0.3 is 5.32 Å². The average molecular weight is 385 g/mol. The number of aryl methyl sites for hydroxylation is 1. The zero-order chi connectivity index (χ0) is 19.1. The number of aromatic nitrogens is 1. The van der Waals surface area contributed by atoms with Gasteiger partial charge in [0.2, 0.25) is 15.9 Å². The van der Waals surface area contributed by atoms with Crippen LogP contribution in [0.5, 0.6) is 0 Å². The smallest absolute Gasteiger partial charge is 0.243 e. The molecule has 4 rings (SSSR count). The third-order valence-corrected chi connectivity index (χ3v) is 7.61. The topological polar surface area (TPSA) is 79.4 Å². The first-order valence-electron chi connectivity index (χ1n) is 9.25. The minimum Gasteiger partial charge on any atom is -0.324 e. The Morgan fingerprint density at radius 1 is 1.30 bits per heavy atom. The highest BCUT2D eigenvalue weighted by Gasteiger charge is 2.62. The zero-order valence-electron chi connectivity index (χ0n) is 15.3. The minimum atomic E-state index is -3.51. The van der Waals surface area contributed by atoms with E-state index in [1.54, 1.807) is 36.7 Å². The Labute approximate surface area is 159 Å². The number of hydrogen-bond donors (Lipinski definition) is 1. The summed E-state index contributed by atoms with van der Waals surface area (Å²) in [5, 5.41) is 2.88. The summed E-state index contributed by atoms with van der Waals surface area (Å²) in [5.41, 5.74) is 1.56. The second-order valence-electron chi connectivity index (χ2n) is 7.44. The van der Waals surface area contributed by atoms with Crippen LogP contribution in [0, 0.1) is 11.3 Å². The van der Waals surface area contributed by atoms with Crippen molar-refractivity contribution in [2.75, 3.05) is 18.4 Å². The van der Waals surface area contributed by atoms with E-state index in [-0.39, 0.29) is 17.2 Å². The SMILES string of the molecule is CCc1ccc(S(=O)(=O)N2CC[C@]3(C[C@@H]3C(=O)Nc3cccnc3)C2)cc1. The van der Waals surface area contributed by atoms with Crippen LogP contribution >= 0.6 is 0 Å². The van der Waals surface area contributed by atoms with Crippen LogP contribution in [0.15, 0.2) is 53.7 Å². The van der Waals surface area contributed by atoms with Crippen LogP contribution in [0.3, 0.4) is 0 Å². The molecule has 0 bridgehead atoms. The van der Waals surface area contributed by atoms with Crippen molar-refractivity contribution in [3.05, 3.63) is 54.4 Å². The molecule has 27 heavy (non-hydrogen) atoms. The van der Waals surface area contributed by atoms with E-state index in [4.69, 9.17) is 0 Å². The Morgan fingerprint density at radius 2 is 2.07 bits per heavy atom. The Balaban J connectivity index is 1.43. The predicted molar refractivity (Wildman–Crippen MR) is 103 cm³/mol. The lowest BCUT2D eigenvalue weighted by atomic mass is 10.0. The number of sulfonamides is 1. The third kappa shape index (κ3) is 3.37. The predicted octanol–water partition coefficient (Wildman–Crippen LogP) is 2.68. The van der Waals surface area contributed by atoms with Gasteiger partial charge >= 0.3 is 0 Å². The summed E-state index contributed by atoms with van der Waals surface area (Å²) >= 11 is 0. The number of amides is 1. The maximum absolute atomic E-state index is 12.9. The van der Waals surface area contributed by atoms with Crippen molar-refractivity contribution in [3.63, 3.8) is 0 Å². The Bertz CT molecular complexity index is 944. The lowest BCUT2D eigenvalue weighted by molar-refractivity contribution is -0.118. The average Bonchev–Trinajstić information content (AvgIpc) is 3.21. The van der Waals surface area contributed by atoms with E-state index in [0.717, 1.165) is 24.8 Å². The summed E-state index contributed by atoms with van der Waals surface area (Å²) in [5.74, 6) is -0.185. The first kappa shape index (κ1) is 18.1. The number of anilines is 1. The normalized spacial score (nSPS) is 24.9. The van der Waals surface area contributed by atoms with E-state index < -0.39 is 10.0 Å². The number of nitrogens with one attached hydrogen (secondary N) is 1. The Kier molecular flexibility index (Phi) is 4.52. The van der Waals surface area contributed by atoms with Gasteiger partial charge in [0.1, 0.15) is 0 Å². The van der Waals surface area contributed by atoms with E-state index in [2.05, 4.69) is 10.3 Å². The molecule has 1 spiro atoms. The summed E-state index contributed by atoms with van der Waals surface area (Å²) < 4.78 is 27.4. The highest BCUT2D eigenvalue weighted by Crippen LogP contribution is 2.59. The summed E-state index contributed by atoms with van der Waals surface area (Å²) in [6.45, 7) is 2.92. The van der Waals surface area contributed by atoms with Crippen molar-refractivity contribution in [2.45, 2.75) is 31.1 Å². The number of nitrogens with zero attached hydrogens (tertiary/aromatic N) is 2. The van der Waals surface area contributed by atoms with Crippen LogP contribution in [-0.2, 0) is 21.2 Å². The molecule has 7 heteroatoms. The number of hydrogen-bond acceptors (Lipinski definition) is 4. The van der Waals surface area contributed by atoms with Crippen molar-refractivity contribution >= 4 is 21.6 Å². The number of carbonyl (C=O) groups excluding carboxylic acids is 1. The van der Waals surface area contributed by atoms with Gasteiger partial charge in [0.05, 0.1) is 16.8 Å². The largest absolute Gasteiger partial charge is 0.324 e. The molecule has 6 nitrogen and oxygen atoms in total. The van der Waals surface area contributed by atoms with Crippen LogP contribution in [0.2, 0.25) is 0 Å². The number of rotatable bonds is 5. The van der Waals surface area contributed by atoms with Gasteiger partial charge in [0, 0.05) is 25.2 Å². The van der Waals surface area contributed by atoms with Crippen molar-refractivity contribution in [1.29, 1.82) is 0 Å². The summed E-state index contributed by atoms with van der Waals surface area (Å²) in [7, 11) is -3.51. The lowest BCUT2D eigenvalue weighted by Crippen LogP contribution is -2.30. The van der Waals surface area contributed by atoms with Gasteiger partial charge in [-0.25, -0.2) is 8.42 Å². The maximum atomic E-state index is 12.9. The number of carbonyl (C=O) groups is 1. The fourth-order valence-corrected chi connectivity index (χ4v) is 5.48. The van der Waals surface area contributed by atoms with Crippen LogP contribution in [0.1, 0.15) is 25.3 Å². The van der Waals surface area contributed by atoms with E-state index in [1.165, 1.54) is 4.31 Å². The van der Waals surface area contributed by atoms with Crippen molar-refractivity contribution in [3.8, 4) is 0 Å². The van der Waals surface area contributed by atoms with E-state index in [1.807, 2.05) is 19.1 Å². The van der Waals surface area contributed by atoms with E-state index in [0.29, 0.717) is 23.7 Å². The first-order chi connectivity index (χ1) is 12.9. The first-order valence-corrected chi connectivity index (χ1v) is 10.7. The zero-order valence-corrected chi connectivity index (χ0v) is 16.1. The molecule has 1 aliphatic heterocycles. The van der Waals surface area contributed by atoms with Gasteiger partial charge in [-0.1, -0.05) is 19.1 Å². The molecule has 1 saturated heterocycles. The quantitative estimate of drug-likeness (QED) is 0.858. The summed E-state index contributed by atoms with van der Waals surface area (Å²) in [4.78, 5) is 16.8. The molecule has 1 amide bonds. The van der Waals surface area contributed by atoms with Crippen LogP contribution in [0.25, 0.3) is 0 Å². The van der Waals surface area contributed by atoms with Gasteiger partial charge in [-0.3, -0.25) is 9.78 Å². The van der Waals surface area contributed by atoms with Crippen LogP contribution in [0.4, 0.5) is 5.69 Å². The molecule has 2 heterocycles. The van der Waals surface area contributed by atoms with Gasteiger partial charge in [0.15, 0.2) is 0 Å². The molecular weight excluding hydrogens is 362 g/mol. The molecular formula is C20H23N3O3S. The summed E-state index contributed by atoms with van der Waals surface area (Å²) in [6, 6.07) is 10.6. The van der Waals surface area contributed by atoms with Gasteiger partial charge in [-0.2, -0.15) is 4.31 Å². The molecule has 1 aliphatic carbocycles.